The van der Waals surface area contributed by atoms with Crippen LogP contribution >= 0.6 is 0 Å². The molecule has 1 aromatic heterocycles. The lowest BCUT2D eigenvalue weighted by atomic mass is 10.2. The summed E-state index contributed by atoms with van der Waals surface area (Å²) in [7, 11) is 0. The number of aromatic nitrogens is 2. The summed E-state index contributed by atoms with van der Waals surface area (Å²) in [6.45, 7) is 1.96. The highest BCUT2D eigenvalue weighted by molar-refractivity contribution is 5.92. The van der Waals surface area contributed by atoms with Crippen molar-refractivity contribution in [3.63, 3.8) is 0 Å². The number of nitrogen functional groups attached to an aromatic ring is 1. The van der Waals surface area contributed by atoms with Crippen LogP contribution < -0.4 is 16.4 Å². The van der Waals surface area contributed by atoms with Gasteiger partial charge in [-0.05, 0) is 30.7 Å². The number of rotatable bonds is 6. The molecule has 114 valence electrons. The Morgan fingerprint density at radius 1 is 1.27 bits per heavy atom. The lowest BCUT2D eigenvalue weighted by Gasteiger charge is -2.10. The Morgan fingerprint density at radius 2 is 1.95 bits per heavy atom. The summed E-state index contributed by atoms with van der Waals surface area (Å²) in [5.74, 6) is 0.707. The van der Waals surface area contributed by atoms with Crippen molar-refractivity contribution >= 4 is 35.1 Å². The molecular formula is C15H18N6O. The Hall–Kier alpha value is -2.96. The molecule has 0 radical (unpaired) electrons. The molecule has 1 amide bonds. The van der Waals surface area contributed by atoms with Gasteiger partial charge >= 0.3 is 0 Å². The fraction of sp³-hybridized carbons (Fsp3) is 0.200. The Bertz CT molecular complexity index is 668. The van der Waals surface area contributed by atoms with Gasteiger partial charge in [0.1, 0.15) is 18.0 Å². The maximum absolute atomic E-state index is 11.5. The minimum atomic E-state index is -0.00197. The molecule has 0 spiro atoms. The number of carbonyl (C=O) groups excluding carboxylic acids is 1. The molecule has 22 heavy (non-hydrogen) atoms. The first-order valence-corrected chi connectivity index (χ1v) is 6.92. The lowest BCUT2D eigenvalue weighted by Crippen LogP contribution is -2.10. The van der Waals surface area contributed by atoms with Crippen LogP contribution in [0.4, 0.5) is 23.0 Å². The van der Waals surface area contributed by atoms with Crippen LogP contribution in [0, 0.1) is 5.41 Å². The minimum absolute atomic E-state index is 0.00197. The summed E-state index contributed by atoms with van der Waals surface area (Å²) >= 11 is 0. The van der Waals surface area contributed by atoms with Gasteiger partial charge in [-0.25, -0.2) is 9.97 Å². The summed E-state index contributed by atoms with van der Waals surface area (Å²) in [5.41, 5.74) is 7.64. The topological polar surface area (TPSA) is 117 Å². The highest BCUT2D eigenvalue weighted by Gasteiger charge is 2.07. The molecule has 7 heteroatoms. The molecule has 0 aliphatic heterocycles. The van der Waals surface area contributed by atoms with E-state index in [9.17, 15) is 4.79 Å². The van der Waals surface area contributed by atoms with Crippen molar-refractivity contribution in [1.82, 2.24) is 9.97 Å². The molecule has 7 nitrogen and oxygen atoms in total. The van der Waals surface area contributed by atoms with E-state index in [1.165, 1.54) is 6.33 Å². The van der Waals surface area contributed by atoms with Gasteiger partial charge in [-0.3, -0.25) is 4.79 Å². The number of carbonyl (C=O) groups is 1. The number of nitrogens with one attached hydrogen (secondary N) is 3. The van der Waals surface area contributed by atoms with Gasteiger partial charge in [-0.1, -0.05) is 6.92 Å². The van der Waals surface area contributed by atoms with Crippen LogP contribution in [-0.4, -0.2) is 22.1 Å². The number of amides is 1. The van der Waals surface area contributed by atoms with E-state index in [0.29, 0.717) is 17.8 Å². The van der Waals surface area contributed by atoms with Gasteiger partial charge in [0.05, 0.1) is 5.56 Å². The van der Waals surface area contributed by atoms with Crippen LogP contribution in [0.1, 0.15) is 25.3 Å². The smallest absolute Gasteiger partial charge is 0.224 e. The molecule has 2 aromatic rings. The van der Waals surface area contributed by atoms with Crippen molar-refractivity contribution in [3.05, 3.63) is 36.2 Å². The quantitative estimate of drug-likeness (QED) is 0.611. The molecule has 0 bridgehead atoms. The van der Waals surface area contributed by atoms with Gasteiger partial charge in [-0.2, -0.15) is 0 Å². The maximum atomic E-state index is 11.5. The summed E-state index contributed by atoms with van der Waals surface area (Å²) in [4.78, 5) is 19.4. The van der Waals surface area contributed by atoms with E-state index >= 15 is 0 Å². The van der Waals surface area contributed by atoms with Crippen LogP contribution in [0.2, 0.25) is 0 Å². The normalized spacial score (nSPS) is 10.0. The number of benzene rings is 1. The second-order valence-corrected chi connectivity index (χ2v) is 4.67. The lowest BCUT2D eigenvalue weighted by molar-refractivity contribution is -0.116. The second kappa shape index (κ2) is 7.16. The van der Waals surface area contributed by atoms with Crippen molar-refractivity contribution in [3.8, 4) is 0 Å². The van der Waals surface area contributed by atoms with Crippen LogP contribution in [-0.2, 0) is 4.79 Å². The molecule has 2 rings (SSSR count). The van der Waals surface area contributed by atoms with Gasteiger partial charge in [0, 0.05) is 24.0 Å². The first-order valence-electron chi connectivity index (χ1n) is 6.92. The predicted molar refractivity (Wildman–Crippen MR) is 87.6 cm³/mol. The third kappa shape index (κ3) is 3.78. The third-order valence-electron chi connectivity index (χ3n) is 2.97. The van der Waals surface area contributed by atoms with Crippen LogP contribution in [0.5, 0.6) is 0 Å². The first-order chi connectivity index (χ1) is 10.6. The third-order valence-corrected chi connectivity index (χ3v) is 2.97. The summed E-state index contributed by atoms with van der Waals surface area (Å²) in [6, 6.07) is 7.22. The van der Waals surface area contributed by atoms with E-state index in [0.717, 1.165) is 24.0 Å². The molecule has 1 heterocycles. The van der Waals surface area contributed by atoms with Gasteiger partial charge in [-0.15, -0.1) is 0 Å². The molecule has 0 aliphatic rings. The molecule has 0 saturated heterocycles. The number of hydrogen-bond donors (Lipinski definition) is 4. The van der Waals surface area contributed by atoms with Gasteiger partial charge in [0.25, 0.3) is 0 Å². The second-order valence-electron chi connectivity index (χ2n) is 4.67. The number of nitrogens with two attached hydrogens (primary N) is 1. The molecule has 0 atom stereocenters. The van der Waals surface area contributed by atoms with Crippen LogP contribution in [0.3, 0.4) is 0 Å². The zero-order valence-corrected chi connectivity index (χ0v) is 12.3. The van der Waals surface area contributed by atoms with Crippen molar-refractivity contribution < 1.29 is 4.79 Å². The molecule has 5 N–H and O–H groups in total. The van der Waals surface area contributed by atoms with Crippen molar-refractivity contribution in [2.75, 3.05) is 16.4 Å². The molecule has 0 unspecified atom stereocenters. The molecule has 0 saturated carbocycles. The van der Waals surface area contributed by atoms with E-state index in [1.54, 1.807) is 12.1 Å². The zero-order chi connectivity index (χ0) is 15.9. The SMILES string of the molecule is CCCC(=O)Nc1ccc(Nc2ncnc(N)c2C=N)cc1. The summed E-state index contributed by atoms with van der Waals surface area (Å²) in [6.07, 6.45) is 3.76. The molecule has 1 aromatic carbocycles. The van der Waals surface area contributed by atoms with Gasteiger partial charge < -0.3 is 21.8 Å². The zero-order valence-electron chi connectivity index (χ0n) is 12.3. The maximum Gasteiger partial charge on any atom is 0.224 e. The van der Waals surface area contributed by atoms with Crippen LogP contribution in [0.25, 0.3) is 0 Å². The minimum Gasteiger partial charge on any atom is -0.383 e. The van der Waals surface area contributed by atoms with Crippen molar-refractivity contribution in [1.29, 1.82) is 5.41 Å². The fourth-order valence-electron chi connectivity index (χ4n) is 1.88. The fourth-order valence-corrected chi connectivity index (χ4v) is 1.88. The van der Waals surface area contributed by atoms with Crippen LogP contribution in [0.15, 0.2) is 30.6 Å². The van der Waals surface area contributed by atoms with Gasteiger partial charge in [0.15, 0.2) is 0 Å². The number of anilines is 4. The Kier molecular flexibility index (Phi) is 5.02. The molecule has 0 fully saturated rings. The Morgan fingerprint density at radius 3 is 2.59 bits per heavy atom. The van der Waals surface area contributed by atoms with E-state index in [-0.39, 0.29) is 11.7 Å². The highest BCUT2D eigenvalue weighted by atomic mass is 16.1. The summed E-state index contributed by atoms with van der Waals surface area (Å²) < 4.78 is 0. The monoisotopic (exact) mass is 298 g/mol. The van der Waals surface area contributed by atoms with E-state index in [1.807, 2.05) is 19.1 Å². The largest absolute Gasteiger partial charge is 0.383 e. The van der Waals surface area contributed by atoms with E-state index < -0.39 is 0 Å². The highest BCUT2D eigenvalue weighted by Crippen LogP contribution is 2.21. The number of hydrogen-bond acceptors (Lipinski definition) is 6. The van der Waals surface area contributed by atoms with Gasteiger partial charge in [0.2, 0.25) is 5.91 Å². The average Bonchev–Trinajstić information content (AvgIpc) is 2.50. The summed E-state index contributed by atoms with van der Waals surface area (Å²) in [5, 5.41) is 13.3. The predicted octanol–water partition coefficient (Wildman–Crippen LogP) is 2.54. The van der Waals surface area contributed by atoms with E-state index in [2.05, 4.69) is 20.6 Å². The Labute approximate surface area is 128 Å². The molecular weight excluding hydrogens is 280 g/mol. The van der Waals surface area contributed by atoms with E-state index in [4.69, 9.17) is 11.1 Å². The van der Waals surface area contributed by atoms with Crippen molar-refractivity contribution in [2.45, 2.75) is 19.8 Å². The standard InChI is InChI=1S/C15H18N6O/c1-2-3-13(22)20-10-4-6-11(7-5-10)21-15-12(8-16)14(17)18-9-19-15/h4-9,16H,2-3H2,1H3,(H,20,22)(H3,17,18,19,21). The Balaban J connectivity index is 2.10. The number of nitrogens with zero attached hydrogens (tertiary/aromatic N) is 2. The average molecular weight is 298 g/mol. The molecule has 0 aliphatic carbocycles. The van der Waals surface area contributed by atoms with Crippen molar-refractivity contribution in [2.24, 2.45) is 0 Å². The first kappa shape index (κ1) is 15.4.